The van der Waals surface area contributed by atoms with Gasteiger partial charge in [-0.1, -0.05) is 19.3 Å². The third-order valence-electron chi connectivity index (χ3n) is 4.08. The summed E-state index contributed by atoms with van der Waals surface area (Å²) in [5, 5.41) is 0. The maximum atomic E-state index is 12.3. The predicted molar refractivity (Wildman–Crippen MR) is 74.3 cm³/mol. The summed E-state index contributed by atoms with van der Waals surface area (Å²) in [4.78, 5) is 18.2. The smallest absolute Gasteiger partial charge is 0.224 e. The molecule has 0 aromatic carbocycles. The molecule has 1 aliphatic carbocycles. The lowest BCUT2D eigenvalue weighted by molar-refractivity contribution is -0.132. The highest BCUT2D eigenvalue weighted by molar-refractivity contribution is 5.77. The maximum Gasteiger partial charge on any atom is 0.224 e. The van der Waals surface area contributed by atoms with Gasteiger partial charge in [-0.2, -0.15) is 0 Å². The average molecular weight is 264 g/mol. The summed E-state index contributed by atoms with van der Waals surface area (Å²) in [6, 6.07) is 0. The zero-order valence-electron chi connectivity index (χ0n) is 11.9. The number of aromatic nitrogens is 2. The van der Waals surface area contributed by atoms with E-state index in [4.69, 9.17) is 5.73 Å². The second kappa shape index (κ2) is 5.74. The Balaban J connectivity index is 1.90. The summed E-state index contributed by atoms with van der Waals surface area (Å²) in [7, 11) is 3.76. The van der Waals surface area contributed by atoms with Crippen molar-refractivity contribution in [1.29, 1.82) is 0 Å². The standard InChI is InChI=1S/C14H24N4O/c1-17-9-8-16-12(17)11-18(2)13(19)10-14(15)6-4-3-5-7-14/h8-9H,3-7,10-11,15H2,1-2H3. The largest absolute Gasteiger partial charge is 0.338 e. The molecule has 19 heavy (non-hydrogen) atoms. The number of carbonyl (C=O) groups excluding carboxylic acids is 1. The molecule has 1 fully saturated rings. The second-order valence-electron chi connectivity index (χ2n) is 5.80. The topological polar surface area (TPSA) is 64.2 Å². The van der Waals surface area contributed by atoms with Gasteiger partial charge in [0.1, 0.15) is 5.82 Å². The highest BCUT2D eigenvalue weighted by atomic mass is 16.2. The molecule has 0 saturated heterocycles. The molecule has 2 rings (SSSR count). The fourth-order valence-corrected chi connectivity index (χ4v) is 2.72. The van der Waals surface area contributed by atoms with Gasteiger partial charge in [-0.3, -0.25) is 4.79 Å². The monoisotopic (exact) mass is 264 g/mol. The molecule has 0 unspecified atom stereocenters. The molecule has 1 amide bonds. The van der Waals surface area contributed by atoms with E-state index in [0.29, 0.717) is 13.0 Å². The highest BCUT2D eigenvalue weighted by Gasteiger charge is 2.31. The molecule has 0 bridgehead atoms. The van der Waals surface area contributed by atoms with Crippen LogP contribution in [0.15, 0.2) is 12.4 Å². The van der Waals surface area contributed by atoms with Crippen LogP contribution in [0.3, 0.4) is 0 Å². The van der Waals surface area contributed by atoms with Gasteiger partial charge in [0.05, 0.1) is 6.54 Å². The second-order valence-corrected chi connectivity index (χ2v) is 5.80. The van der Waals surface area contributed by atoms with Gasteiger partial charge in [0.2, 0.25) is 5.91 Å². The number of nitrogens with two attached hydrogens (primary N) is 1. The quantitative estimate of drug-likeness (QED) is 0.894. The van der Waals surface area contributed by atoms with Crippen LogP contribution in [-0.4, -0.2) is 32.9 Å². The summed E-state index contributed by atoms with van der Waals surface area (Å²) in [5.41, 5.74) is 6.05. The van der Waals surface area contributed by atoms with Gasteiger partial charge < -0.3 is 15.2 Å². The lowest BCUT2D eigenvalue weighted by Gasteiger charge is -2.34. The summed E-state index contributed by atoms with van der Waals surface area (Å²) in [6.07, 6.45) is 9.56. The van der Waals surface area contributed by atoms with Crippen molar-refractivity contribution in [2.45, 2.75) is 50.6 Å². The lowest BCUT2D eigenvalue weighted by Crippen LogP contribution is -2.46. The van der Waals surface area contributed by atoms with Crippen molar-refractivity contribution in [3.8, 4) is 0 Å². The van der Waals surface area contributed by atoms with Crippen LogP contribution in [0, 0.1) is 0 Å². The average Bonchev–Trinajstić information content (AvgIpc) is 2.75. The minimum Gasteiger partial charge on any atom is -0.338 e. The summed E-state index contributed by atoms with van der Waals surface area (Å²) in [5.74, 6) is 1.01. The zero-order valence-corrected chi connectivity index (χ0v) is 11.9. The Kier molecular flexibility index (Phi) is 4.24. The van der Waals surface area contributed by atoms with E-state index in [2.05, 4.69) is 4.98 Å². The number of nitrogens with zero attached hydrogens (tertiary/aromatic N) is 3. The van der Waals surface area contributed by atoms with Crippen molar-refractivity contribution in [1.82, 2.24) is 14.5 Å². The van der Waals surface area contributed by atoms with E-state index in [1.165, 1.54) is 6.42 Å². The van der Waals surface area contributed by atoms with Gasteiger partial charge >= 0.3 is 0 Å². The summed E-state index contributed by atoms with van der Waals surface area (Å²) in [6.45, 7) is 0.540. The molecule has 1 heterocycles. The van der Waals surface area contributed by atoms with Crippen molar-refractivity contribution >= 4 is 5.91 Å². The Bertz CT molecular complexity index is 434. The number of carbonyl (C=O) groups is 1. The third kappa shape index (κ3) is 3.56. The van der Waals surface area contributed by atoms with E-state index >= 15 is 0 Å². The van der Waals surface area contributed by atoms with E-state index in [9.17, 15) is 4.79 Å². The minimum atomic E-state index is -0.286. The summed E-state index contributed by atoms with van der Waals surface area (Å²) >= 11 is 0. The minimum absolute atomic E-state index is 0.118. The Hall–Kier alpha value is -1.36. The Morgan fingerprint density at radius 2 is 2.16 bits per heavy atom. The lowest BCUT2D eigenvalue weighted by atomic mass is 9.80. The van der Waals surface area contributed by atoms with E-state index in [1.54, 1.807) is 11.1 Å². The highest BCUT2D eigenvalue weighted by Crippen LogP contribution is 2.29. The van der Waals surface area contributed by atoms with Crippen LogP contribution in [0.4, 0.5) is 0 Å². The SMILES string of the molecule is CN(Cc1nccn1C)C(=O)CC1(N)CCCCC1. The van der Waals surface area contributed by atoms with Gasteiger partial charge in [-0.05, 0) is 12.8 Å². The molecule has 0 radical (unpaired) electrons. The predicted octanol–water partition coefficient (Wildman–Crippen LogP) is 1.43. The number of rotatable bonds is 4. The van der Waals surface area contributed by atoms with Crippen LogP contribution in [-0.2, 0) is 18.4 Å². The first-order valence-corrected chi connectivity index (χ1v) is 6.99. The van der Waals surface area contributed by atoms with Crippen molar-refractivity contribution < 1.29 is 4.79 Å². The van der Waals surface area contributed by atoms with Gasteiger partial charge in [0, 0.05) is 38.4 Å². The fraction of sp³-hybridized carbons (Fsp3) is 0.714. The van der Waals surface area contributed by atoms with Gasteiger partial charge in [-0.15, -0.1) is 0 Å². The Morgan fingerprint density at radius 1 is 1.47 bits per heavy atom. The molecule has 0 spiro atoms. The van der Waals surface area contributed by atoms with Gasteiger partial charge in [-0.25, -0.2) is 4.98 Å². The van der Waals surface area contributed by atoms with Crippen molar-refractivity contribution in [2.75, 3.05) is 7.05 Å². The van der Waals surface area contributed by atoms with E-state index in [-0.39, 0.29) is 11.4 Å². The summed E-state index contributed by atoms with van der Waals surface area (Å²) < 4.78 is 1.93. The third-order valence-corrected chi connectivity index (χ3v) is 4.08. The number of amides is 1. The first kappa shape index (κ1) is 14.1. The molecule has 0 atom stereocenters. The maximum absolute atomic E-state index is 12.3. The fourth-order valence-electron chi connectivity index (χ4n) is 2.72. The Labute approximate surface area is 114 Å². The first-order chi connectivity index (χ1) is 9.00. The van der Waals surface area contributed by atoms with Crippen molar-refractivity contribution in [3.05, 3.63) is 18.2 Å². The van der Waals surface area contributed by atoms with Crippen LogP contribution in [0.5, 0.6) is 0 Å². The number of aryl methyl sites for hydroxylation is 1. The number of hydrogen-bond acceptors (Lipinski definition) is 3. The molecular formula is C14H24N4O. The van der Waals surface area contributed by atoms with Gasteiger partial charge in [0.25, 0.3) is 0 Å². The van der Waals surface area contributed by atoms with Crippen LogP contribution in [0.1, 0.15) is 44.3 Å². The molecule has 5 nitrogen and oxygen atoms in total. The van der Waals surface area contributed by atoms with Crippen LogP contribution in [0.2, 0.25) is 0 Å². The first-order valence-electron chi connectivity index (χ1n) is 6.99. The molecule has 5 heteroatoms. The van der Waals surface area contributed by atoms with Crippen LogP contribution >= 0.6 is 0 Å². The van der Waals surface area contributed by atoms with Crippen LogP contribution < -0.4 is 5.73 Å². The number of hydrogen-bond donors (Lipinski definition) is 1. The van der Waals surface area contributed by atoms with Crippen LogP contribution in [0.25, 0.3) is 0 Å². The normalized spacial score (nSPS) is 18.3. The molecular weight excluding hydrogens is 240 g/mol. The zero-order chi connectivity index (χ0) is 13.9. The molecule has 1 aromatic heterocycles. The van der Waals surface area contributed by atoms with E-state index in [0.717, 1.165) is 31.5 Å². The molecule has 1 aromatic rings. The van der Waals surface area contributed by atoms with E-state index < -0.39 is 0 Å². The molecule has 2 N–H and O–H groups in total. The molecule has 106 valence electrons. The molecule has 0 aliphatic heterocycles. The van der Waals surface area contributed by atoms with E-state index in [1.807, 2.05) is 24.9 Å². The van der Waals surface area contributed by atoms with Crippen molar-refractivity contribution in [3.63, 3.8) is 0 Å². The molecule has 1 aliphatic rings. The Morgan fingerprint density at radius 3 is 2.74 bits per heavy atom. The van der Waals surface area contributed by atoms with Gasteiger partial charge in [0.15, 0.2) is 0 Å². The molecule has 1 saturated carbocycles. The van der Waals surface area contributed by atoms with Crippen molar-refractivity contribution in [2.24, 2.45) is 12.8 Å². The number of imidazole rings is 1.